The van der Waals surface area contributed by atoms with Crippen LogP contribution in [-0.4, -0.2) is 23.1 Å². The molecule has 0 aliphatic carbocycles. The molecule has 0 aliphatic rings. The molecule has 1 N–H and O–H groups in total. The fourth-order valence-electron chi connectivity index (χ4n) is 2.28. The molecule has 1 amide bonds. The zero-order valence-electron chi connectivity index (χ0n) is 12.6. The molecular weight excluding hydrogens is 333 g/mol. The van der Waals surface area contributed by atoms with E-state index in [1.807, 2.05) is 48.6 Å². The van der Waals surface area contributed by atoms with Gasteiger partial charge in [-0.05, 0) is 29.7 Å². The molecule has 0 saturated carbocycles. The second-order valence-electron chi connectivity index (χ2n) is 5.13. The van der Waals surface area contributed by atoms with Crippen molar-refractivity contribution in [3.8, 4) is 0 Å². The number of carbonyl (C=O) groups is 1. The molecule has 2 aromatic carbocycles. The molecule has 1 atom stereocenters. The van der Waals surface area contributed by atoms with E-state index in [0.29, 0.717) is 16.5 Å². The molecule has 1 unspecified atom stereocenters. The summed E-state index contributed by atoms with van der Waals surface area (Å²) in [5.41, 5.74) is 1.88. The molecule has 120 valence electrons. The number of halogens is 2. The van der Waals surface area contributed by atoms with Gasteiger partial charge in [0.25, 0.3) is 0 Å². The highest BCUT2D eigenvalue weighted by molar-refractivity contribution is 6.42. The molecule has 2 rings (SSSR count). The van der Waals surface area contributed by atoms with Crippen molar-refractivity contribution in [3.63, 3.8) is 0 Å². The van der Waals surface area contributed by atoms with Crippen molar-refractivity contribution in [2.24, 2.45) is 0 Å². The maximum absolute atomic E-state index is 11.3. The molecule has 0 heterocycles. The summed E-state index contributed by atoms with van der Waals surface area (Å²) in [4.78, 5) is 12.6. The van der Waals surface area contributed by atoms with Gasteiger partial charge in [-0.1, -0.05) is 71.8 Å². The summed E-state index contributed by atoms with van der Waals surface area (Å²) in [6, 6.07) is 14.7. The first-order chi connectivity index (χ1) is 11.0. The van der Waals surface area contributed by atoms with Gasteiger partial charge >= 0.3 is 6.09 Å². The lowest BCUT2D eigenvalue weighted by atomic mass is 10.0. The van der Waals surface area contributed by atoms with Crippen LogP contribution in [0.1, 0.15) is 23.6 Å². The molecule has 0 saturated heterocycles. The van der Waals surface area contributed by atoms with Gasteiger partial charge in [-0.15, -0.1) is 0 Å². The Bertz CT molecular complexity index is 701. The molecule has 0 aliphatic heterocycles. The molecule has 5 heteroatoms. The van der Waals surface area contributed by atoms with Gasteiger partial charge < -0.3 is 10.0 Å². The van der Waals surface area contributed by atoms with Gasteiger partial charge in [0.1, 0.15) is 0 Å². The lowest BCUT2D eigenvalue weighted by Gasteiger charge is -2.25. The monoisotopic (exact) mass is 349 g/mol. The van der Waals surface area contributed by atoms with E-state index in [0.717, 1.165) is 11.1 Å². The number of rotatable bonds is 5. The highest BCUT2D eigenvalue weighted by Gasteiger charge is 2.19. The molecule has 0 bridgehead atoms. The van der Waals surface area contributed by atoms with Crippen molar-refractivity contribution >= 4 is 35.4 Å². The Morgan fingerprint density at radius 3 is 2.48 bits per heavy atom. The fraction of sp³-hybridized carbons (Fsp3) is 0.167. The SMILES string of the molecule is CN(C(=O)O)C(CC=Cc1ccc(Cl)c(Cl)c1)c1ccccc1. The first-order valence-electron chi connectivity index (χ1n) is 7.11. The number of amides is 1. The van der Waals surface area contributed by atoms with Crippen molar-refractivity contribution in [3.05, 3.63) is 75.8 Å². The van der Waals surface area contributed by atoms with Crippen LogP contribution in [0.4, 0.5) is 4.79 Å². The number of nitrogens with zero attached hydrogens (tertiary/aromatic N) is 1. The molecule has 0 fully saturated rings. The van der Waals surface area contributed by atoms with Crippen LogP contribution in [-0.2, 0) is 0 Å². The zero-order chi connectivity index (χ0) is 16.8. The molecule has 3 nitrogen and oxygen atoms in total. The smallest absolute Gasteiger partial charge is 0.407 e. The van der Waals surface area contributed by atoms with Crippen LogP contribution in [0.25, 0.3) is 6.08 Å². The van der Waals surface area contributed by atoms with Crippen LogP contribution in [0.2, 0.25) is 10.0 Å². The summed E-state index contributed by atoms with van der Waals surface area (Å²) in [5.74, 6) is 0. The lowest BCUT2D eigenvalue weighted by molar-refractivity contribution is 0.138. The Kier molecular flexibility index (Phi) is 6.08. The van der Waals surface area contributed by atoms with Gasteiger partial charge in [0, 0.05) is 7.05 Å². The summed E-state index contributed by atoms with van der Waals surface area (Å²) < 4.78 is 0. The first-order valence-corrected chi connectivity index (χ1v) is 7.87. The third kappa shape index (κ3) is 4.75. The minimum Gasteiger partial charge on any atom is -0.465 e. The number of carboxylic acid groups (broad SMARTS) is 1. The maximum atomic E-state index is 11.3. The molecular formula is C18H17Cl2NO2. The maximum Gasteiger partial charge on any atom is 0.407 e. The van der Waals surface area contributed by atoms with Crippen LogP contribution >= 0.6 is 23.2 Å². The largest absolute Gasteiger partial charge is 0.465 e. The first kappa shape index (κ1) is 17.4. The van der Waals surface area contributed by atoms with E-state index >= 15 is 0 Å². The second kappa shape index (κ2) is 8.04. The van der Waals surface area contributed by atoms with Gasteiger partial charge in [-0.3, -0.25) is 0 Å². The Morgan fingerprint density at radius 1 is 1.17 bits per heavy atom. The lowest BCUT2D eigenvalue weighted by Crippen LogP contribution is -2.29. The Balaban J connectivity index is 2.16. The third-order valence-corrected chi connectivity index (χ3v) is 4.31. The molecule has 0 radical (unpaired) electrons. The normalized spacial score (nSPS) is 12.3. The minimum atomic E-state index is -0.957. The van der Waals surface area contributed by atoms with Gasteiger partial charge in [-0.2, -0.15) is 0 Å². The van der Waals surface area contributed by atoms with E-state index in [9.17, 15) is 9.90 Å². The predicted molar refractivity (Wildman–Crippen MR) is 95.1 cm³/mol. The van der Waals surface area contributed by atoms with E-state index < -0.39 is 6.09 Å². The van der Waals surface area contributed by atoms with Gasteiger partial charge in [0.15, 0.2) is 0 Å². The minimum absolute atomic E-state index is 0.243. The van der Waals surface area contributed by atoms with Gasteiger partial charge in [0.2, 0.25) is 0 Å². The third-order valence-electron chi connectivity index (χ3n) is 3.57. The Hall–Kier alpha value is -1.97. The number of hydrogen-bond donors (Lipinski definition) is 1. The van der Waals surface area contributed by atoms with Crippen molar-refractivity contribution in [2.45, 2.75) is 12.5 Å². The Labute approximate surface area is 145 Å². The van der Waals surface area contributed by atoms with Gasteiger partial charge in [-0.25, -0.2) is 4.79 Å². The molecule has 23 heavy (non-hydrogen) atoms. The van der Waals surface area contributed by atoms with E-state index in [1.54, 1.807) is 19.2 Å². The van der Waals surface area contributed by atoms with Crippen molar-refractivity contribution in [1.29, 1.82) is 0 Å². The average molecular weight is 350 g/mol. The quantitative estimate of drug-likeness (QED) is 0.746. The van der Waals surface area contributed by atoms with Crippen LogP contribution in [0.3, 0.4) is 0 Å². The summed E-state index contributed by atoms with van der Waals surface area (Å²) in [5, 5.41) is 10.3. The summed E-state index contributed by atoms with van der Waals surface area (Å²) >= 11 is 11.9. The Morgan fingerprint density at radius 2 is 1.87 bits per heavy atom. The van der Waals surface area contributed by atoms with Crippen molar-refractivity contribution in [2.75, 3.05) is 7.05 Å². The van der Waals surface area contributed by atoms with Crippen LogP contribution < -0.4 is 0 Å². The highest BCUT2D eigenvalue weighted by atomic mass is 35.5. The fourth-order valence-corrected chi connectivity index (χ4v) is 2.58. The highest BCUT2D eigenvalue weighted by Crippen LogP contribution is 2.26. The van der Waals surface area contributed by atoms with Crippen LogP contribution in [0, 0.1) is 0 Å². The standard InChI is InChI=1S/C18H17Cl2NO2/c1-21(18(22)23)17(14-7-3-2-4-8-14)9-5-6-13-10-11-15(19)16(20)12-13/h2-8,10-12,17H,9H2,1H3,(H,22,23). The van der Waals surface area contributed by atoms with Crippen molar-refractivity contribution in [1.82, 2.24) is 4.90 Å². The molecule has 0 aromatic heterocycles. The number of hydrogen-bond acceptors (Lipinski definition) is 1. The van der Waals surface area contributed by atoms with Gasteiger partial charge in [0.05, 0.1) is 16.1 Å². The van der Waals surface area contributed by atoms with E-state index in [1.165, 1.54) is 4.90 Å². The van der Waals surface area contributed by atoms with Crippen molar-refractivity contribution < 1.29 is 9.90 Å². The predicted octanol–water partition coefficient (Wildman–Crippen LogP) is 5.75. The summed E-state index contributed by atoms with van der Waals surface area (Å²) in [6.45, 7) is 0. The second-order valence-corrected chi connectivity index (χ2v) is 5.95. The average Bonchev–Trinajstić information content (AvgIpc) is 2.55. The molecule has 0 spiro atoms. The molecule has 2 aromatic rings. The van der Waals surface area contributed by atoms with Crippen LogP contribution in [0.15, 0.2) is 54.6 Å². The topological polar surface area (TPSA) is 40.5 Å². The van der Waals surface area contributed by atoms with E-state index in [4.69, 9.17) is 23.2 Å². The van der Waals surface area contributed by atoms with E-state index in [-0.39, 0.29) is 6.04 Å². The van der Waals surface area contributed by atoms with Crippen LogP contribution in [0.5, 0.6) is 0 Å². The number of benzene rings is 2. The van der Waals surface area contributed by atoms with E-state index in [2.05, 4.69) is 0 Å². The summed E-state index contributed by atoms with van der Waals surface area (Å²) in [7, 11) is 1.58. The summed E-state index contributed by atoms with van der Waals surface area (Å²) in [6.07, 6.45) is 3.46. The zero-order valence-corrected chi connectivity index (χ0v) is 14.1.